The molecule has 3 rings (SSSR count). The normalized spacial score (nSPS) is 21.8. The highest BCUT2D eigenvalue weighted by Crippen LogP contribution is 2.73. The molecular formula is C25H35O3P. The Morgan fingerprint density at radius 2 is 1.52 bits per heavy atom. The average molecular weight is 415 g/mol. The van der Waals surface area contributed by atoms with Gasteiger partial charge in [0.25, 0.3) is 7.94 Å². The molecule has 4 heteroatoms. The van der Waals surface area contributed by atoms with Gasteiger partial charge in [-0.05, 0) is 43.2 Å². The van der Waals surface area contributed by atoms with Crippen molar-refractivity contribution in [3.8, 4) is 5.75 Å². The van der Waals surface area contributed by atoms with Gasteiger partial charge in [-0.3, -0.25) is 0 Å². The predicted octanol–water partition coefficient (Wildman–Crippen LogP) is 6.54. The summed E-state index contributed by atoms with van der Waals surface area (Å²) in [5.41, 5.74) is 6.04. The molecule has 0 bridgehead atoms. The number of fused-ring (bicyclic) bond motifs is 1. The van der Waals surface area contributed by atoms with Gasteiger partial charge in [0.1, 0.15) is 0 Å². The zero-order valence-electron chi connectivity index (χ0n) is 19.3. The van der Waals surface area contributed by atoms with Gasteiger partial charge in [-0.15, -0.1) is 0 Å². The number of hydrogen-bond acceptors (Lipinski definition) is 3. The Bertz CT molecular complexity index is 901. The van der Waals surface area contributed by atoms with E-state index in [0.29, 0.717) is 6.61 Å². The fraction of sp³-hybridized carbons (Fsp3) is 0.520. The lowest BCUT2D eigenvalue weighted by molar-refractivity contribution is -0.210. The van der Waals surface area contributed by atoms with E-state index in [-0.39, 0.29) is 10.8 Å². The van der Waals surface area contributed by atoms with Crippen molar-refractivity contribution in [1.29, 1.82) is 0 Å². The van der Waals surface area contributed by atoms with Crippen LogP contribution in [0.1, 0.15) is 87.5 Å². The first-order valence-corrected chi connectivity index (χ1v) is 12.1. The number of benzene rings is 2. The lowest BCUT2D eigenvalue weighted by Crippen LogP contribution is -2.21. The van der Waals surface area contributed by atoms with E-state index >= 15 is 0 Å². The molecule has 158 valence electrons. The molecule has 1 heterocycles. The highest BCUT2D eigenvalue weighted by atomic mass is 31.2. The Balaban J connectivity index is 2.34. The molecular weight excluding hydrogens is 379 g/mol. The van der Waals surface area contributed by atoms with Crippen molar-refractivity contribution in [3.63, 3.8) is 0 Å². The van der Waals surface area contributed by atoms with Crippen molar-refractivity contribution >= 4 is 7.94 Å². The molecule has 0 N–H and O–H groups in total. The monoisotopic (exact) mass is 414 g/mol. The molecule has 29 heavy (non-hydrogen) atoms. The van der Waals surface area contributed by atoms with Gasteiger partial charge in [0.15, 0.2) is 11.4 Å². The Morgan fingerprint density at radius 1 is 0.931 bits per heavy atom. The minimum atomic E-state index is -3.39. The average Bonchev–Trinajstić information content (AvgIpc) is 2.82. The van der Waals surface area contributed by atoms with Crippen molar-refractivity contribution in [3.05, 3.63) is 63.7 Å². The fourth-order valence-electron chi connectivity index (χ4n) is 4.11. The molecule has 0 aliphatic carbocycles. The van der Waals surface area contributed by atoms with Crippen molar-refractivity contribution in [2.24, 2.45) is 0 Å². The predicted molar refractivity (Wildman–Crippen MR) is 121 cm³/mol. The third kappa shape index (κ3) is 4.24. The molecule has 0 spiro atoms. The summed E-state index contributed by atoms with van der Waals surface area (Å²) in [6.07, 6.45) is 0. The summed E-state index contributed by atoms with van der Waals surface area (Å²) in [7, 11) is -3.39. The summed E-state index contributed by atoms with van der Waals surface area (Å²) in [6.45, 7) is 19.5. The Hall–Kier alpha value is -1.41. The standard InChI is InChI=1S/C25H35O3P/c1-10-27-29(26)23(18-12-16(2)11-17(3)13-18)20-14-19(24(4,5)6)15-21(22(20)28-29)25(7,8)9/h11-15,23H,10H2,1-9H3. The van der Waals surface area contributed by atoms with Crippen LogP contribution in [0.25, 0.3) is 0 Å². The highest BCUT2D eigenvalue weighted by molar-refractivity contribution is 7.60. The number of hydrogen-bond donors (Lipinski definition) is 0. The lowest BCUT2D eigenvalue weighted by atomic mass is 9.78. The van der Waals surface area contributed by atoms with E-state index in [4.69, 9.17) is 9.05 Å². The molecule has 2 aromatic carbocycles. The number of rotatable bonds is 3. The molecule has 0 saturated heterocycles. The second-order valence-corrected chi connectivity index (χ2v) is 12.4. The van der Waals surface area contributed by atoms with Gasteiger partial charge in [-0.1, -0.05) is 76.9 Å². The van der Waals surface area contributed by atoms with Crippen LogP contribution in [0.15, 0.2) is 30.3 Å². The lowest BCUT2D eigenvalue weighted by Gasteiger charge is -2.28. The quantitative estimate of drug-likeness (QED) is 0.536. The van der Waals surface area contributed by atoms with Crippen molar-refractivity contribution in [2.45, 2.75) is 78.8 Å². The fourth-order valence-corrected chi connectivity index (χ4v) is 6.28. The van der Waals surface area contributed by atoms with E-state index in [2.05, 4.69) is 85.7 Å². The molecule has 1 aliphatic rings. The van der Waals surface area contributed by atoms with E-state index < -0.39 is 13.6 Å². The van der Waals surface area contributed by atoms with Crippen molar-refractivity contribution < 1.29 is 13.9 Å². The Labute approximate surface area is 177 Å². The van der Waals surface area contributed by atoms with Gasteiger partial charge in [0.05, 0.1) is 12.2 Å². The van der Waals surface area contributed by atoms with Gasteiger partial charge in [0, 0.05) is 11.1 Å². The van der Waals surface area contributed by atoms with E-state index in [9.17, 15) is 4.89 Å². The van der Waals surface area contributed by atoms with E-state index in [1.165, 1.54) is 5.56 Å². The summed E-state index contributed by atoms with van der Waals surface area (Å²) in [6, 6.07) is 10.8. The largest absolute Gasteiger partial charge is 0.623 e. The zero-order chi connectivity index (χ0) is 21.8. The summed E-state index contributed by atoms with van der Waals surface area (Å²) in [5.74, 6) is 0.742. The topological polar surface area (TPSA) is 41.5 Å². The van der Waals surface area contributed by atoms with Gasteiger partial charge >= 0.3 is 0 Å². The van der Waals surface area contributed by atoms with E-state index in [1.807, 2.05) is 6.92 Å². The van der Waals surface area contributed by atoms with Crippen LogP contribution in [-0.2, 0) is 15.4 Å². The maximum absolute atomic E-state index is 14.0. The minimum absolute atomic E-state index is 0.0275. The first-order valence-electron chi connectivity index (χ1n) is 10.5. The Kier molecular flexibility index (Phi) is 5.67. The van der Waals surface area contributed by atoms with Crippen LogP contribution in [0.4, 0.5) is 0 Å². The summed E-state index contributed by atoms with van der Waals surface area (Å²) in [4.78, 5) is 14.0. The summed E-state index contributed by atoms with van der Waals surface area (Å²) in [5, 5.41) is 0. The maximum Gasteiger partial charge on any atom is 0.296 e. The van der Waals surface area contributed by atoms with Gasteiger partial charge in [0.2, 0.25) is 0 Å². The van der Waals surface area contributed by atoms with Crippen LogP contribution < -0.4 is 9.42 Å². The molecule has 1 aliphatic heterocycles. The van der Waals surface area contributed by atoms with Crippen LogP contribution in [0, 0.1) is 13.8 Å². The first kappa shape index (κ1) is 22.3. The van der Waals surface area contributed by atoms with Gasteiger partial charge in [-0.2, -0.15) is 0 Å². The SMILES string of the molecule is CCO[P+]1([O-])Oc2c(cc(C(C)(C)C)cc2C(C)(C)C)C1c1cc(C)cc(C)c1. The second-order valence-electron chi connectivity index (χ2n) is 10.3. The molecule has 2 atom stereocenters. The zero-order valence-corrected chi connectivity index (χ0v) is 20.2. The molecule has 2 aromatic rings. The first-order chi connectivity index (χ1) is 13.3. The van der Waals surface area contributed by atoms with Crippen molar-refractivity contribution in [2.75, 3.05) is 6.61 Å². The van der Waals surface area contributed by atoms with Crippen LogP contribution in [0.2, 0.25) is 0 Å². The molecule has 0 saturated carbocycles. The second kappa shape index (κ2) is 7.38. The molecule has 0 fully saturated rings. The Morgan fingerprint density at radius 3 is 2.00 bits per heavy atom. The van der Waals surface area contributed by atoms with E-state index in [1.54, 1.807) is 0 Å². The molecule has 3 nitrogen and oxygen atoms in total. The van der Waals surface area contributed by atoms with Gasteiger partial charge < -0.3 is 9.42 Å². The molecule has 2 unspecified atom stereocenters. The minimum Gasteiger partial charge on any atom is -0.623 e. The van der Waals surface area contributed by atoms with Crippen LogP contribution in [-0.4, -0.2) is 6.61 Å². The van der Waals surface area contributed by atoms with Crippen LogP contribution in [0.3, 0.4) is 0 Å². The third-order valence-electron chi connectivity index (χ3n) is 5.49. The molecule has 0 radical (unpaired) electrons. The van der Waals surface area contributed by atoms with Gasteiger partial charge in [-0.25, -0.2) is 4.52 Å². The van der Waals surface area contributed by atoms with E-state index in [0.717, 1.165) is 33.6 Å². The molecule has 0 aromatic heterocycles. The van der Waals surface area contributed by atoms with Crippen LogP contribution in [0.5, 0.6) is 5.75 Å². The molecule has 0 amide bonds. The summed E-state index contributed by atoms with van der Waals surface area (Å²) < 4.78 is 12.1. The smallest absolute Gasteiger partial charge is 0.296 e. The highest BCUT2D eigenvalue weighted by Gasteiger charge is 2.54. The van der Waals surface area contributed by atoms with Crippen molar-refractivity contribution in [1.82, 2.24) is 0 Å². The summed E-state index contributed by atoms with van der Waals surface area (Å²) >= 11 is 0. The maximum atomic E-state index is 14.0. The number of aryl methyl sites for hydroxylation is 2. The van der Waals surface area contributed by atoms with Crippen LogP contribution >= 0.6 is 7.94 Å². The third-order valence-corrected chi connectivity index (χ3v) is 7.75.